The molecule has 0 spiro atoms. The van der Waals surface area contributed by atoms with Gasteiger partial charge in [-0.2, -0.15) is 8.78 Å². The highest BCUT2D eigenvalue weighted by molar-refractivity contribution is 7.99. The lowest BCUT2D eigenvalue weighted by molar-refractivity contribution is -0.0503. The van der Waals surface area contributed by atoms with Crippen molar-refractivity contribution in [2.45, 2.75) is 16.8 Å². The van der Waals surface area contributed by atoms with Crippen LogP contribution in [0.25, 0.3) is 5.70 Å². The van der Waals surface area contributed by atoms with E-state index in [1.165, 1.54) is 0 Å². The normalized spacial score (nSPS) is 16.4. The Morgan fingerprint density at radius 3 is 2.58 bits per heavy atom. The van der Waals surface area contributed by atoms with Crippen molar-refractivity contribution in [1.82, 2.24) is 0 Å². The van der Waals surface area contributed by atoms with Gasteiger partial charge in [-0.3, -0.25) is 0 Å². The van der Waals surface area contributed by atoms with Crippen molar-refractivity contribution in [3.8, 4) is 5.75 Å². The molecule has 2 heterocycles. The first-order valence-corrected chi connectivity index (χ1v) is 9.79. The highest BCUT2D eigenvalue weighted by atomic mass is 32.2. The number of hydrogen-bond donors (Lipinski definition) is 1. The maximum Gasteiger partial charge on any atom is 0.387 e. The topological polar surface area (TPSA) is 21.3 Å². The molecule has 0 aliphatic carbocycles. The molecule has 1 aromatic heterocycles. The molecular formula is C20H15F2NOS2. The number of benzene rings is 2. The van der Waals surface area contributed by atoms with Crippen LogP contribution in [0.1, 0.15) is 15.7 Å². The number of para-hydroxylation sites is 2. The van der Waals surface area contributed by atoms with Gasteiger partial charge in [-0.25, -0.2) is 0 Å². The molecule has 3 aromatic rings. The summed E-state index contributed by atoms with van der Waals surface area (Å²) in [5, 5.41) is 5.35. The lowest BCUT2D eigenvalue weighted by Gasteiger charge is -2.17. The van der Waals surface area contributed by atoms with Gasteiger partial charge in [-0.05, 0) is 35.7 Å². The van der Waals surface area contributed by atoms with Crippen LogP contribution in [-0.2, 0) is 0 Å². The molecule has 2 nitrogen and oxygen atoms in total. The van der Waals surface area contributed by atoms with Crippen molar-refractivity contribution in [3.05, 3.63) is 82.6 Å². The number of anilines is 1. The van der Waals surface area contributed by atoms with E-state index in [2.05, 4.69) is 11.4 Å². The molecule has 2 aromatic carbocycles. The van der Waals surface area contributed by atoms with Gasteiger partial charge in [0.15, 0.2) is 0 Å². The van der Waals surface area contributed by atoms with Crippen molar-refractivity contribution < 1.29 is 13.5 Å². The second-order valence-electron chi connectivity index (χ2n) is 5.63. The fourth-order valence-corrected chi connectivity index (χ4v) is 4.74. The Labute approximate surface area is 158 Å². The highest BCUT2D eigenvalue weighted by Gasteiger charge is 2.23. The minimum Gasteiger partial charge on any atom is -0.434 e. The molecule has 0 saturated carbocycles. The molecule has 0 radical (unpaired) electrons. The molecule has 26 heavy (non-hydrogen) atoms. The maximum atomic E-state index is 12.8. The van der Waals surface area contributed by atoms with E-state index in [9.17, 15) is 8.78 Å². The average molecular weight is 387 g/mol. The zero-order chi connectivity index (χ0) is 17.9. The summed E-state index contributed by atoms with van der Waals surface area (Å²) in [7, 11) is 0. The molecular weight excluding hydrogens is 372 g/mol. The van der Waals surface area contributed by atoms with Crippen molar-refractivity contribution in [2.24, 2.45) is 0 Å². The van der Waals surface area contributed by atoms with Gasteiger partial charge in [0.2, 0.25) is 0 Å². The van der Waals surface area contributed by atoms with Crippen LogP contribution in [0.2, 0.25) is 0 Å². The summed E-state index contributed by atoms with van der Waals surface area (Å²) in [5.74, 6) is 0.209. The van der Waals surface area contributed by atoms with E-state index < -0.39 is 6.61 Å². The number of fused-ring (bicyclic) bond motifs is 1. The van der Waals surface area contributed by atoms with Crippen LogP contribution in [0.15, 0.2) is 77.0 Å². The van der Waals surface area contributed by atoms with E-state index in [-0.39, 0.29) is 11.0 Å². The summed E-state index contributed by atoms with van der Waals surface area (Å²) in [6.07, 6.45) is 2.07. The standard InChI is InChI=1S/C20H15F2NOS2/c21-20(22)24-16-8-3-1-6-13(16)19-12-15(17-10-5-11-25-17)23-14-7-2-4-9-18(14)26-19/h1-12,19-20,23H. The first-order valence-electron chi connectivity index (χ1n) is 8.03. The Kier molecular flexibility index (Phi) is 4.95. The molecule has 4 rings (SSSR count). The van der Waals surface area contributed by atoms with Crippen LogP contribution < -0.4 is 10.1 Å². The zero-order valence-electron chi connectivity index (χ0n) is 13.6. The quantitative estimate of drug-likeness (QED) is 0.541. The van der Waals surface area contributed by atoms with E-state index in [0.717, 1.165) is 26.7 Å². The zero-order valence-corrected chi connectivity index (χ0v) is 15.2. The summed E-state index contributed by atoms with van der Waals surface area (Å²) < 4.78 is 30.4. The predicted molar refractivity (Wildman–Crippen MR) is 104 cm³/mol. The summed E-state index contributed by atoms with van der Waals surface area (Å²) in [4.78, 5) is 2.16. The smallest absolute Gasteiger partial charge is 0.387 e. The van der Waals surface area contributed by atoms with Gasteiger partial charge in [-0.15, -0.1) is 23.1 Å². The summed E-state index contributed by atoms with van der Waals surface area (Å²) in [6, 6.07) is 19.0. The molecule has 1 aliphatic rings. The number of nitrogens with one attached hydrogen (secondary N) is 1. The number of halogens is 2. The van der Waals surface area contributed by atoms with Gasteiger partial charge in [0.05, 0.1) is 21.5 Å². The number of hydrogen-bond acceptors (Lipinski definition) is 4. The van der Waals surface area contributed by atoms with E-state index in [0.29, 0.717) is 0 Å². The summed E-state index contributed by atoms with van der Waals surface area (Å²) >= 11 is 3.25. The lowest BCUT2D eigenvalue weighted by atomic mass is 10.1. The Morgan fingerprint density at radius 2 is 1.77 bits per heavy atom. The third kappa shape index (κ3) is 3.61. The summed E-state index contributed by atoms with van der Waals surface area (Å²) in [5.41, 5.74) is 2.70. The van der Waals surface area contributed by atoms with Crippen LogP contribution in [0.3, 0.4) is 0 Å². The third-order valence-electron chi connectivity index (χ3n) is 3.96. The Hall–Kier alpha value is -2.31. The number of thiophene rings is 1. The fraction of sp³-hybridized carbons (Fsp3) is 0.100. The van der Waals surface area contributed by atoms with Crippen molar-refractivity contribution in [1.29, 1.82) is 0 Å². The molecule has 1 unspecified atom stereocenters. The van der Waals surface area contributed by atoms with Crippen molar-refractivity contribution >= 4 is 34.5 Å². The van der Waals surface area contributed by atoms with Gasteiger partial charge < -0.3 is 10.1 Å². The van der Waals surface area contributed by atoms with Crippen LogP contribution >= 0.6 is 23.1 Å². The Morgan fingerprint density at radius 1 is 0.962 bits per heavy atom. The number of rotatable bonds is 4. The Bertz CT molecular complexity index is 925. The third-order valence-corrected chi connectivity index (χ3v) is 6.11. The van der Waals surface area contributed by atoms with Crippen molar-refractivity contribution in [2.75, 3.05) is 5.32 Å². The second-order valence-corrected chi connectivity index (χ2v) is 7.76. The lowest BCUT2D eigenvalue weighted by Crippen LogP contribution is -2.05. The summed E-state index contributed by atoms with van der Waals surface area (Å²) in [6.45, 7) is -2.85. The maximum absolute atomic E-state index is 12.8. The molecule has 0 amide bonds. The van der Waals surface area contributed by atoms with E-state index >= 15 is 0 Å². The molecule has 0 fully saturated rings. The van der Waals surface area contributed by atoms with Gasteiger partial charge in [0.25, 0.3) is 0 Å². The first-order chi connectivity index (χ1) is 12.7. The molecule has 1 N–H and O–H groups in total. The molecule has 0 saturated heterocycles. The van der Waals surface area contributed by atoms with Crippen LogP contribution in [0.5, 0.6) is 5.75 Å². The van der Waals surface area contributed by atoms with Gasteiger partial charge >= 0.3 is 6.61 Å². The first kappa shape index (κ1) is 17.1. The van der Waals surface area contributed by atoms with Crippen LogP contribution in [0, 0.1) is 0 Å². The SMILES string of the molecule is FC(F)Oc1ccccc1C1C=C(c2cccs2)Nc2ccccc2S1. The average Bonchev–Trinajstić information content (AvgIpc) is 3.09. The predicted octanol–water partition coefficient (Wildman–Crippen LogP) is 6.65. The van der Waals surface area contributed by atoms with E-state index in [4.69, 9.17) is 4.74 Å². The molecule has 1 atom stereocenters. The van der Waals surface area contributed by atoms with Crippen LogP contribution in [-0.4, -0.2) is 6.61 Å². The minimum atomic E-state index is -2.85. The van der Waals surface area contributed by atoms with Gasteiger partial charge in [0, 0.05) is 10.5 Å². The van der Waals surface area contributed by atoms with Gasteiger partial charge in [0.1, 0.15) is 5.75 Å². The Balaban J connectivity index is 1.81. The molecule has 0 bridgehead atoms. The molecule has 132 valence electrons. The molecule has 6 heteroatoms. The van der Waals surface area contributed by atoms with E-state index in [1.807, 2.05) is 53.9 Å². The molecule has 1 aliphatic heterocycles. The number of alkyl halides is 2. The van der Waals surface area contributed by atoms with Crippen molar-refractivity contribution in [3.63, 3.8) is 0 Å². The second kappa shape index (κ2) is 7.51. The van der Waals surface area contributed by atoms with Gasteiger partial charge in [-0.1, -0.05) is 36.4 Å². The largest absolute Gasteiger partial charge is 0.434 e. The van der Waals surface area contributed by atoms with E-state index in [1.54, 1.807) is 35.2 Å². The highest BCUT2D eigenvalue weighted by Crippen LogP contribution is 2.47. The number of thioether (sulfide) groups is 1. The fourth-order valence-electron chi connectivity index (χ4n) is 2.83. The number of ether oxygens (including phenoxy) is 1. The monoisotopic (exact) mass is 387 g/mol. The minimum absolute atomic E-state index is 0.154. The van der Waals surface area contributed by atoms with Crippen LogP contribution in [0.4, 0.5) is 14.5 Å².